The maximum Gasteiger partial charge on any atom is 0.269 e. The van der Waals surface area contributed by atoms with E-state index in [1.165, 1.54) is 38.3 Å². The summed E-state index contributed by atoms with van der Waals surface area (Å²) >= 11 is 0. The van der Waals surface area contributed by atoms with Crippen LogP contribution >= 0.6 is 9.24 Å². The monoisotopic (exact) mass is 252 g/mol. The number of rotatable bonds is 4. The zero-order chi connectivity index (χ0) is 12.1. The molecule has 1 aliphatic carbocycles. The van der Waals surface area contributed by atoms with E-state index in [1.807, 2.05) is 0 Å². The van der Waals surface area contributed by atoms with E-state index in [0.717, 1.165) is 12.3 Å². The van der Waals surface area contributed by atoms with Crippen LogP contribution in [0.3, 0.4) is 0 Å². The van der Waals surface area contributed by atoms with Gasteiger partial charge in [-0.25, -0.2) is 0 Å². The minimum Gasteiger partial charge on any atom is -0.326 e. The first-order valence-corrected chi connectivity index (χ1v) is 7.34. The van der Waals surface area contributed by atoms with Crippen molar-refractivity contribution in [3.8, 4) is 0 Å². The fraction of sp³-hybridized carbons (Fsp3) is 0.692. The van der Waals surface area contributed by atoms with Crippen LogP contribution in [0.2, 0.25) is 0 Å². The lowest BCUT2D eigenvalue weighted by atomic mass is 9.79. The van der Waals surface area contributed by atoms with E-state index in [4.69, 9.17) is 0 Å². The molecule has 0 aromatic carbocycles. The Morgan fingerprint density at radius 3 is 2.65 bits per heavy atom. The largest absolute Gasteiger partial charge is 0.326 e. The van der Waals surface area contributed by atoms with Gasteiger partial charge in [-0.2, -0.15) is 0 Å². The third kappa shape index (κ3) is 3.64. The van der Waals surface area contributed by atoms with Gasteiger partial charge in [0.1, 0.15) is 5.69 Å². The van der Waals surface area contributed by atoms with Crippen molar-refractivity contribution < 1.29 is 0 Å². The normalized spacial score (nSPS) is 24.8. The van der Waals surface area contributed by atoms with E-state index in [0.29, 0.717) is 11.6 Å². The molecular formula is C13H21N2OP. The molecule has 1 N–H and O–H groups in total. The quantitative estimate of drug-likeness (QED) is 0.836. The lowest BCUT2D eigenvalue weighted by Crippen LogP contribution is -2.21. The second kappa shape index (κ2) is 6.30. The van der Waals surface area contributed by atoms with Crippen LogP contribution in [0.25, 0.3) is 0 Å². The van der Waals surface area contributed by atoms with Crippen molar-refractivity contribution in [2.24, 2.45) is 11.8 Å². The van der Waals surface area contributed by atoms with Crippen molar-refractivity contribution in [2.45, 2.75) is 38.5 Å². The number of nitrogens with zero attached hydrogens (tertiary/aromatic N) is 1. The summed E-state index contributed by atoms with van der Waals surface area (Å²) in [4.78, 5) is 18.4. The predicted molar refractivity (Wildman–Crippen MR) is 73.2 cm³/mol. The molecule has 0 spiro atoms. The molecule has 1 heterocycles. The van der Waals surface area contributed by atoms with Crippen LogP contribution in [0.1, 0.15) is 37.8 Å². The van der Waals surface area contributed by atoms with Gasteiger partial charge in [-0.05, 0) is 43.7 Å². The van der Waals surface area contributed by atoms with Crippen LogP contribution in [0.15, 0.2) is 17.2 Å². The summed E-state index contributed by atoms with van der Waals surface area (Å²) in [6.45, 7) is 0. The van der Waals surface area contributed by atoms with Gasteiger partial charge < -0.3 is 4.98 Å². The van der Waals surface area contributed by atoms with Crippen LogP contribution in [0.4, 0.5) is 0 Å². The molecule has 1 unspecified atom stereocenters. The molecule has 94 valence electrons. The van der Waals surface area contributed by atoms with E-state index in [2.05, 4.69) is 19.2 Å². The van der Waals surface area contributed by atoms with Crippen LogP contribution < -0.4 is 5.56 Å². The zero-order valence-electron chi connectivity index (χ0n) is 10.2. The van der Waals surface area contributed by atoms with Gasteiger partial charge in [0.25, 0.3) is 5.56 Å². The SMILES string of the molecule is O=c1[nH]ccnc1CC1CCC(CCP)CC1. The average Bonchev–Trinajstić information content (AvgIpc) is 2.35. The second-order valence-corrected chi connectivity index (χ2v) is 5.61. The predicted octanol–water partition coefficient (Wildman–Crippen LogP) is 2.38. The molecule has 1 aromatic rings. The highest BCUT2D eigenvalue weighted by Crippen LogP contribution is 2.32. The van der Waals surface area contributed by atoms with Crippen molar-refractivity contribution in [3.05, 3.63) is 28.4 Å². The average molecular weight is 252 g/mol. The molecule has 17 heavy (non-hydrogen) atoms. The Labute approximate surface area is 105 Å². The molecule has 0 amide bonds. The lowest BCUT2D eigenvalue weighted by molar-refractivity contribution is 0.267. The third-order valence-electron chi connectivity index (χ3n) is 3.80. The Balaban J connectivity index is 1.86. The topological polar surface area (TPSA) is 45.8 Å². The minimum atomic E-state index is -0.0143. The fourth-order valence-corrected chi connectivity index (χ4v) is 3.23. The fourth-order valence-electron chi connectivity index (χ4n) is 2.76. The molecule has 4 heteroatoms. The van der Waals surface area contributed by atoms with Crippen LogP contribution in [0.5, 0.6) is 0 Å². The Kier molecular flexibility index (Phi) is 4.73. The van der Waals surface area contributed by atoms with Gasteiger partial charge in [0.05, 0.1) is 0 Å². The highest BCUT2D eigenvalue weighted by molar-refractivity contribution is 7.16. The molecule has 1 aromatic heterocycles. The zero-order valence-corrected chi connectivity index (χ0v) is 11.3. The Morgan fingerprint density at radius 1 is 1.29 bits per heavy atom. The molecule has 0 aliphatic heterocycles. The van der Waals surface area contributed by atoms with Crippen LogP contribution in [-0.4, -0.2) is 16.1 Å². The van der Waals surface area contributed by atoms with Gasteiger partial charge in [-0.1, -0.05) is 12.8 Å². The summed E-state index contributed by atoms with van der Waals surface area (Å²) in [5.41, 5.74) is 0.696. The van der Waals surface area contributed by atoms with Gasteiger partial charge in [-0.15, -0.1) is 9.24 Å². The summed E-state index contributed by atoms with van der Waals surface area (Å²) in [6, 6.07) is 0. The molecule has 0 radical (unpaired) electrons. The van der Waals surface area contributed by atoms with Crippen LogP contribution in [0, 0.1) is 11.8 Å². The van der Waals surface area contributed by atoms with Crippen LogP contribution in [-0.2, 0) is 6.42 Å². The smallest absolute Gasteiger partial charge is 0.269 e. The van der Waals surface area contributed by atoms with Gasteiger partial charge in [0.15, 0.2) is 0 Å². The summed E-state index contributed by atoms with van der Waals surface area (Å²) in [6.07, 6.45) is 11.8. The van der Waals surface area contributed by atoms with Crippen molar-refractivity contribution in [1.29, 1.82) is 0 Å². The summed E-state index contributed by atoms with van der Waals surface area (Å²) in [7, 11) is 2.82. The van der Waals surface area contributed by atoms with Gasteiger partial charge in [0, 0.05) is 12.4 Å². The summed E-state index contributed by atoms with van der Waals surface area (Å²) in [5, 5.41) is 0. The Bertz CT molecular complexity index is 396. The first-order chi connectivity index (χ1) is 8.29. The highest BCUT2D eigenvalue weighted by atomic mass is 31.0. The lowest BCUT2D eigenvalue weighted by Gasteiger charge is -2.27. The molecule has 1 fully saturated rings. The van der Waals surface area contributed by atoms with E-state index in [1.54, 1.807) is 12.4 Å². The minimum absolute atomic E-state index is 0.0143. The van der Waals surface area contributed by atoms with Gasteiger partial charge >= 0.3 is 0 Å². The molecule has 2 rings (SSSR count). The number of nitrogens with one attached hydrogen (secondary N) is 1. The van der Waals surface area contributed by atoms with Crippen molar-refractivity contribution in [3.63, 3.8) is 0 Å². The number of aromatic amines is 1. The van der Waals surface area contributed by atoms with Crippen molar-refractivity contribution in [2.75, 3.05) is 6.16 Å². The maximum absolute atomic E-state index is 11.5. The van der Waals surface area contributed by atoms with E-state index < -0.39 is 0 Å². The summed E-state index contributed by atoms with van der Waals surface area (Å²) in [5.74, 6) is 1.57. The standard InChI is InChI=1S/C13H21N2OP/c16-13-12(14-6-7-15-13)9-11-3-1-10(2-4-11)5-8-17/h6-7,10-11H,1-5,8-9,17H2,(H,15,16). The molecule has 1 atom stereocenters. The molecule has 3 nitrogen and oxygen atoms in total. The number of H-pyrrole nitrogens is 1. The maximum atomic E-state index is 11.5. The van der Waals surface area contributed by atoms with E-state index >= 15 is 0 Å². The van der Waals surface area contributed by atoms with Crippen molar-refractivity contribution >= 4 is 9.24 Å². The summed E-state index contributed by atoms with van der Waals surface area (Å²) < 4.78 is 0. The van der Waals surface area contributed by atoms with Crippen molar-refractivity contribution in [1.82, 2.24) is 9.97 Å². The number of aromatic nitrogens is 2. The first-order valence-electron chi connectivity index (χ1n) is 6.52. The molecule has 1 saturated carbocycles. The third-order valence-corrected chi connectivity index (χ3v) is 4.14. The number of hydrogen-bond donors (Lipinski definition) is 1. The Hall–Kier alpha value is -0.690. The highest BCUT2D eigenvalue weighted by Gasteiger charge is 2.21. The van der Waals surface area contributed by atoms with Gasteiger partial charge in [0.2, 0.25) is 0 Å². The Morgan fingerprint density at radius 2 is 2.00 bits per heavy atom. The molecule has 0 bridgehead atoms. The molecule has 1 aliphatic rings. The second-order valence-electron chi connectivity index (χ2n) is 5.03. The van der Waals surface area contributed by atoms with Gasteiger partial charge in [-0.3, -0.25) is 9.78 Å². The molecular weight excluding hydrogens is 231 g/mol. The van der Waals surface area contributed by atoms with E-state index in [9.17, 15) is 4.79 Å². The first kappa shape index (κ1) is 12.8. The van der Waals surface area contributed by atoms with E-state index in [-0.39, 0.29) is 5.56 Å². The molecule has 0 saturated heterocycles. The number of hydrogen-bond acceptors (Lipinski definition) is 2.